The highest BCUT2D eigenvalue weighted by molar-refractivity contribution is 5.76. The van der Waals surface area contributed by atoms with E-state index < -0.39 is 12.1 Å². The van der Waals surface area contributed by atoms with Crippen LogP contribution in [0.2, 0.25) is 0 Å². The molecule has 0 aromatic carbocycles. The molecule has 378 valence electrons. The Morgan fingerprint density at radius 3 is 0.906 bits per heavy atom. The Balaban J connectivity index is 3.47. The summed E-state index contributed by atoms with van der Waals surface area (Å²) in [6, 6.07) is -0.644. The predicted octanol–water partition coefficient (Wildman–Crippen LogP) is 19.3. The van der Waals surface area contributed by atoms with E-state index in [9.17, 15) is 15.0 Å². The average molecular weight is 899 g/mol. The largest absolute Gasteiger partial charge is 0.394 e. The summed E-state index contributed by atoms with van der Waals surface area (Å²) >= 11 is 0. The molecule has 0 aliphatic carbocycles. The molecule has 0 spiro atoms. The van der Waals surface area contributed by atoms with Crippen LogP contribution in [0, 0.1) is 0 Å². The molecule has 2 unspecified atom stereocenters. The van der Waals surface area contributed by atoms with Crippen LogP contribution >= 0.6 is 0 Å². The number of carbonyl (C=O) groups excluding carboxylic acids is 1. The Hall–Kier alpha value is -1.39. The maximum absolute atomic E-state index is 12.5. The second kappa shape index (κ2) is 55.9. The molecular weight excluding hydrogens is 783 g/mol. The third-order valence-electron chi connectivity index (χ3n) is 13.6. The summed E-state index contributed by atoms with van der Waals surface area (Å²) in [6.07, 6.45) is 76.1. The minimum Gasteiger partial charge on any atom is -0.394 e. The molecule has 1 amide bonds. The molecule has 0 bridgehead atoms. The number of aliphatic hydroxyl groups is 2. The van der Waals surface area contributed by atoms with Crippen LogP contribution in [0.1, 0.15) is 322 Å². The van der Waals surface area contributed by atoms with Gasteiger partial charge in [0.05, 0.1) is 18.8 Å². The molecule has 4 nitrogen and oxygen atoms in total. The Morgan fingerprint density at radius 2 is 0.609 bits per heavy atom. The van der Waals surface area contributed by atoms with Gasteiger partial charge in [-0.15, -0.1) is 0 Å². The lowest BCUT2D eigenvalue weighted by Gasteiger charge is -2.19. The Morgan fingerprint density at radius 1 is 0.359 bits per heavy atom. The molecule has 4 heteroatoms. The summed E-state index contributed by atoms with van der Waals surface area (Å²) in [4.78, 5) is 12.5. The number of amides is 1. The van der Waals surface area contributed by atoms with Gasteiger partial charge in [0.1, 0.15) is 0 Å². The van der Waals surface area contributed by atoms with E-state index in [2.05, 4.69) is 43.5 Å². The lowest BCUT2D eigenvalue weighted by molar-refractivity contribution is -0.123. The number of nitrogens with one attached hydrogen (secondary N) is 1. The third-order valence-corrected chi connectivity index (χ3v) is 13.6. The van der Waals surface area contributed by atoms with Gasteiger partial charge < -0.3 is 15.5 Å². The van der Waals surface area contributed by atoms with Crippen molar-refractivity contribution >= 4 is 5.91 Å². The van der Waals surface area contributed by atoms with Gasteiger partial charge in [0.15, 0.2) is 0 Å². The normalized spacial score (nSPS) is 13.0. The molecule has 0 rings (SSSR count). The molecule has 0 fully saturated rings. The molecule has 3 N–H and O–H groups in total. The Kier molecular flexibility index (Phi) is 54.7. The number of aliphatic hydroxyl groups excluding tert-OH is 2. The van der Waals surface area contributed by atoms with Crippen LogP contribution in [0.4, 0.5) is 0 Å². The van der Waals surface area contributed by atoms with Crippen LogP contribution in [0.15, 0.2) is 36.5 Å². The molecule has 0 aromatic heterocycles. The topological polar surface area (TPSA) is 69.6 Å². The van der Waals surface area contributed by atoms with Gasteiger partial charge in [-0.1, -0.05) is 307 Å². The highest BCUT2D eigenvalue weighted by Gasteiger charge is 2.18. The monoisotopic (exact) mass is 898 g/mol. The standard InChI is InChI=1S/C60H115NO3/c1-3-5-7-9-11-13-15-17-19-21-23-25-26-27-28-29-30-31-32-33-34-35-36-38-40-42-44-46-48-50-52-54-56-60(64)61-58(57-62)59(63)55-53-51-49-47-45-43-41-39-37-24-22-20-18-16-14-12-10-8-6-4-2/h37,39,45,47,53,55,58-59,62-63H,3-36,38,40-44,46,48-52,54,56-57H2,1-2H3,(H,61,64)/b39-37+,47-45+,55-53+. The highest BCUT2D eigenvalue weighted by atomic mass is 16.3. The van der Waals surface area contributed by atoms with Crippen molar-refractivity contribution in [3.63, 3.8) is 0 Å². The van der Waals surface area contributed by atoms with Crippen LogP contribution in [0.25, 0.3) is 0 Å². The van der Waals surface area contributed by atoms with E-state index in [1.54, 1.807) is 6.08 Å². The summed E-state index contributed by atoms with van der Waals surface area (Å²) in [5.41, 5.74) is 0. The zero-order chi connectivity index (χ0) is 46.3. The first kappa shape index (κ1) is 62.6. The maximum atomic E-state index is 12.5. The summed E-state index contributed by atoms with van der Waals surface area (Å²) in [7, 11) is 0. The molecule has 0 heterocycles. The molecule has 0 aliphatic rings. The quantitative estimate of drug-likeness (QED) is 0.0421. The van der Waals surface area contributed by atoms with Crippen molar-refractivity contribution in [3.05, 3.63) is 36.5 Å². The first-order valence-corrected chi connectivity index (χ1v) is 29.2. The number of hydrogen-bond donors (Lipinski definition) is 3. The van der Waals surface area contributed by atoms with Gasteiger partial charge in [-0.25, -0.2) is 0 Å². The van der Waals surface area contributed by atoms with E-state index in [0.29, 0.717) is 6.42 Å². The van der Waals surface area contributed by atoms with Gasteiger partial charge in [0.2, 0.25) is 5.91 Å². The van der Waals surface area contributed by atoms with Crippen LogP contribution in [-0.4, -0.2) is 34.9 Å². The summed E-state index contributed by atoms with van der Waals surface area (Å²) in [5.74, 6) is -0.0717. The second-order valence-corrected chi connectivity index (χ2v) is 20.1. The first-order chi connectivity index (χ1) is 31.7. The molecule has 0 radical (unpaired) electrons. The van der Waals surface area contributed by atoms with Gasteiger partial charge in [0.25, 0.3) is 0 Å². The van der Waals surface area contributed by atoms with Crippen LogP contribution in [-0.2, 0) is 4.79 Å². The third kappa shape index (κ3) is 51.6. The van der Waals surface area contributed by atoms with Crippen LogP contribution < -0.4 is 5.32 Å². The fourth-order valence-electron chi connectivity index (χ4n) is 9.16. The SMILES string of the molecule is CCCCCCCCCCCC/C=C/CC/C=C/CC/C=C/C(O)C(CO)NC(=O)CCCCCCCCCCCCCCCCCCCCCCCCCCCCCCCCCC. The van der Waals surface area contributed by atoms with Gasteiger partial charge >= 0.3 is 0 Å². The smallest absolute Gasteiger partial charge is 0.220 e. The Labute approximate surface area is 402 Å². The minimum atomic E-state index is -0.869. The van der Waals surface area contributed by atoms with Crippen molar-refractivity contribution < 1.29 is 15.0 Å². The van der Waals surface area contributed by atoms with Crippen LogP contribution in [0.3, 0.4) is 0 Å². The zero-order valence-corrected chi connectivity index (χ0v) is 43.6. The van der Waals surface area contributed by atoms with E-state index in [1.165, 1.54) is 263 Å². The Bertz CT molecular complexity index is 974. The van der Waals surface area contributed by atoms with Crippen molar-refractivity contribution in [2.75, 3.05) is 6.61 Å². The number of hydrogen-bond acceptors (Lipinski definition) is 3. The number of allylic oxidation sites excluding steroid dienone is 5. The predicted molar refractivity (Wildman–Crippen MR) is 285 cm³/mol. The van der Waals surface area contributed by atoms with E-state index in [4.69, 9.17) is 0 Å². The number of unbranched alkanes of at least 4 members (excludes halogenated alkanes) is 43. The van der Waals surface area contributed by atoms with Crippen molar-refractivity contribution in [1.82, 2.24) is 5.32 Å². The van der Waals surface area contributed by atoms with Gasteiger partial charge in [0, 0.05) is 6.42 Å². The fraction of sp³-hybridized carbons (Fsp3) is 0.883. The summed E-state index contributed by atoms with van der Waals surface area (Å²) in [5, 5.41) is 23.1. The highest BCUT2D eigenvalue weighted by Crippen LogP contribution is 2.18. The summed E-state index contributed by atoms with van der Waals surface area (Å²) < 4.78 is 0. The van der Waals surface area contributed by atoms with E-state index in [0.717, 1.165) is 38.5 Å². The van der Waals surface area contributed by atoms with Crippen molar-refractivity contribution in [3.8, 4) is 0 Å². The minimum absolute atomic E-state index is 0.0717. The fourth-order valence-corrected chi connectivity index (χ4v) is 9.16. The maximum Gasteiger partial charge on any atom is 0.220 e. The lowest BCUT2D eigenvalue weighted by Crippen LogP contribution is -2.45. The van der Waals surface area contributed by atoms with Gasteiger partial charge in [-0.2, -0.15) is 0 Å². The molecule has 0 saturated heterocycles. The van der Waals surface area contributed by atoms with E-state index >= 15 is 0 Å². The zero-order valence-electron chi connectivity index (χ0n) is 43.6. The molecule has 0 saturated carbocycles. The first-order valence-electron chi connectivity index (χ1n) is 29.2. The summed E-state index contributed by atoms with van der Waals surface area (Å²) in [6.45, 7) is 4.33. The van der Waals surface area contributed by atoms with E-state index in [1.807, 2.05) is 6.08 Å². The molecule has 2 atom stereocenters. The molecule has 0 aliphatic heterocycles. The van der Waals surface area contributed by atoms with Gasteiger partial charge in [-0.05, 0) is 44.9 Å². The molecular formula is C60H115NO3. The number of carbonyl (C=O) groups is 1. The number of rotatable bonds is 54. The molecule has 64 heavy (non-hydrogen) atoms. The second-order valence-electron chi connectivity index (χ2n) is 20.1. The van der Waals surface area contributed by atoms with Crippen molar-refractivity contribution in [2.45, 2.75) is 334 Å². The van der Waals surface area contributed by atoms with Crippen molar-refractivity contribution in [1.29, 1.82) is 0 Å². The molecule has 0 aromatic rings. The van der Waals surface area contributed by atoms with E-state index in [-0.39, 0.29) is 12.5 Å². The average Bonchev–Trinajstić information content (AvgIpc) is 3.30. The van der Waals surface area contributed by atoms with Crippen LogP contribution in [0.5, 0.6) is 0 Å². The van der Waals surface area contributed by atoms with Gasteiger partial charge in [-0.3, -0.25) is 4.79 Å². The lowest BCUT2D eigenvalue weighted by atomic mass is 10.0. The van der Waals surface area contributed by atoms with Crippen molar-refractivity contribution in [2.24, 2.45) is 0 Å².